The third-order valence-corrected chi connectivity index (χ3v) is 6.50. The van der Waals surface area contributed by atoms with Crippen molar-refractivity contribution in [2.45, 2.75) is 9.79 Å². The first-order valence-electron chi connectivity index (χ1n) is 7.46. The Kier molecular flexibility index (Phi) is 5.08. The molecule has 0 atom stereocenters. The van der Waals surface area contributed by atoms with Gasteiger partial charge >= 0.3 is 0 Å². The van der Waals surface area contributed by atoms with E-state index in [9.17, 15) is 21.4 Å². The highest BCUT2D eigenvalue weighted by Crippen LogP contribution is 2.41. The average Bonchev–Trinajstić information content (AvgIpc) is 2.93. The Morgan fingerprint density at radius 3 is 1.96 bits per heavy atom. The predicted molar refractivity (Wildman–Crippen MR) is 105 cm³/mol. The van der Waals surface area contributed by atoms with Crippen molar-refractivity contribution in [1.29, 1.82) is 0 Å². The van der Waals surface area contributed by atoms with Crippen LogP contribution < -0.4 is 16.2 Å². The molecule has 0 fully saturated rings. The monoisotopic (exact) mass is 442 g/mol. The summed E-state index contributed by atoms with van der Waals surface area (Å²) < 4.78 is 69.9. The number of thiophene rings is 1. The van der Waals surface area contributed by atoms with Crippen molar-refractivity contribution in [1.82, 2.24) is 0 Å². The Bertz CT molecular complexity index is 1250. The van der Waals surface area contributed by atoms with E-state index in [0.717, 1.165) is 29.5 Å². The van der Waals surface area contributed by atoms with E-state index in [1.165, 1.54) is 24.3 Å². The summed E-state index contributed by atoms with van der Waals surface area (Å²) in [5, 5.41) is 1.56. The van der Waals surface area contributed by atoms with Crippen LogP contribution in [0.3, 0.4) is 0 Å². The van der Waals surface area contributed by atoms with Gasteiger partial charge < -0.3 is 16.2 Å². The molecule has 1 heterocycles. The summed E-state index contributed by atoms with van der Waals surface area (Å²) in [5.41, 5.74) is 12.2. The van der Waals surface area contributed by atoms with Crippen LogP contribution in [0.1, 0.15) is 0 Å². The summed E-state index contributed by atoms with van der Waals surface area (Å²) in [6, 6.07) is 8.78. The number of hydrogen-bond acceptors (Lipinski definition) is 8. The van der Waals surface area contributed by atoms with Crippen molar-refractivity contribution in [2.75, 3.05) is 11.5 Å². The van der Waals surface area contributed by atoms with Crippen LogP contribution in [0.15, 0.2) is 57.6 Å². The number of anilines is 2. The molecule has 0 radical (unpaired) electrons. The van der Waals surface area contributed by atoms with Gasteiger partial charge in [-0.25, -0.2) is 0 Å². The first kappa shape index (κ1) is 20.1. The third kappa shape index (κ3) is 4.10. The van der Waals surface area contributed by atoms with Crippen LogP contribution in [0.2, 0.25) is 0 Å². The highest BCUT2D eigenvalue weighted by molar-refractivity contribution is 7.86. The molecule has 148 valence electrons. The van der Waals surface area contributed by atoms with Gasteiger partial charge in [0.15, 0.2) is 0 Å². The molecule has 0 unspecified atom stereocenters. The number of ether oxygens (including phenoxy) is 1. The maximum absolute atomic E-state index is 11.8. The lowest BCUT2D eigenvalue weighted by Gasteiger charge is -2.11. The molecule has 28 heavy (non-hydrogen) atoms. The van der Waals surface area contributed by atoms with Crippen LogP contribution in [0.25, 0.3) is 10.4 Å². The minimum atomic E-state index is -4.61. The van der Waals surface area contributed by atoms with Crippen LogP contribution in [0, 0.1) is 0 Å². The smallest absolute Gasteiger partial charge is 0.295 e. The zero-order valence-corrected chi connectivity index (χ0v) is 16.4. The summed E-state index contributed by atoms with van der Waals surface area (Å²) >= 11 is 1.13. The third-order valence-electron chi connectivity index (χ3n) is 3.69. The lowest BCUT2D eigenvalue weighted by molar-refractivity contribution is 0.470. The minimum absolute atomic E-state index is 0.0686. The van der Waals surface area contributed by atoms with E-state index in [2.05, 4.69) is 0 Å². The van der Waals surface area contributed by atoms with Gasteiger partial charge in [-0.3, -0.25) is 9.11 Å². The summed E-state index contributed by atoms with van der Waals surface area (Å²) in [4.78, 5) is -0.359. The molecule has 6 N–H and O–H groups in total. The van der Waals surface area contributed by atoms with Gasteiger partial charge in [-0.2, -0.15) is 16.8 Å². The summed E-state index contributed by atoms with van der Waals surface area (Å²) in [7, 11) is -8.96. The SMILES string of the molecule is Nc1csc(-c2ccc(Oc3ccc(S(=O)(=O)O)cc3)cc2S(=O)(=O)O)c1N. The van der Waals surface area contributed by atoms with Crippen LogP contribution in [0.5, 0.6) is 11.5 Å². The Morgan fingerprint density at radius 1 is 0.857 bits per heavy atom. The topological polar surface area (TPSA) is 170 Å². The van der Waals surface area contributed by atoms with Gasteiger partial charge in [0.05, 0.1) is 21.1 Å². The van der Waals surface area contributed by atoms with E-state index < -0.39 is 25.1 Å². The fraction of sp³-hybridized carbons (Fsp3) is 0. The van der Waals surface area contributed by atoms with Crippen molar-refractivity contribution in [3.05, 3.63) is 47.8 Å². The van der Waals surface area contributed by atoms with E-state index in [1.807, 2.05) is 0 Å². The first-order valence-corrected chi connectivity index (χ1v) is 11.2. The van der Waals surface area contributed by atoms with Gasteiger partial charge in [0.1, 0.15) is 16.4 Å². The molecule has 0 aliphatic heterocycles. The maximum Gasteiger partial charge on any atom is 0.295 e. The molecule has 3 aromatic rings. The Hall–Kier alpha value is -2.64. The molecule has 2 aromatic carbocycles. The average molecular weight is 442 g/mol. The maximum atomic E-state index is 11.8. The van der Waals surface area contributed by atoms with Crippen molar-refractivity contribution in [2.24, 2.45) is 0 Å². The summed E-state index contributed by atoms with van der Waals surface area (Å²) in [6.07, 6.45) is 0. The molecule has 0 saturated heterocycles. The van der Waals surface area contributed by atoms with Gasteiger partial charge in [-0.15, -0.1) is 11.3 Å². The van der Waals surface area contributed by atoms with Crippen molar-refractivity contribution < 1.29 is 30.7 Å². The van der Waals surface area contributed by atoms with Gasteiger partial charge in [0, 0.05) is 17.0 Å². The van der Waals surface area contributed by atoms with Gasteiger partial charge in [-0.1, -0.05) is 0 Å². The van der Waals surface area contributed by atoms with E-state index in [1.54, 1.807) is 5.38 Å². The van der Waals surface area contributed by atoms with Gasteiger partial charge in [0.2, 0.25) is 0 Å². The fourth-order valence-electron chi connectivity index (χ4n) is 2.37. The lowest BCUT2D eigenvalue weighted by Crippen LogP contribution is -2.02. The van der Waals surface area contributed by atoms with Crippen molar-refractivity contribution in [3.8, 4) is 21.9 Å². The Balaban J connectivity index is 2.01. The Morgan fingerprint density at radius 2 is 1.46 bits per heavy atom. The highest BCUT2D eigenvalue weighted by atomic mass is 32.2. The number of benzene rings is 2. The minimum Gasteiger partial charge on any atom is -0.457 e. The van der Waals surface area contributed by atoms with Crippen LogP contribution in [0.4, 0.5) is 11.4 Å². The second-order valence-electron chi connectivity index (χ2n) is 5.62. The van der Waals surface area contributed by atoms with E-state index in [-0.39, 0.29) is 27.6 Å². The predicted octanol–water partition coefficient (Wildman–Crippen LogP) is 2.87. The first-order chi connectivity index (χ1) is 13.0. The quantitative estimate of drug-likeness (QED) is 0.434. The number of nitrogen functional groups attached to an aromatic ring is 2. The molecule has 0 aliphatic rings. The fourth-order valence-corrected chi connectivity index (χ4v) is 4.55. The standard InChI is InChI=1S/C16H14N2O7S3/c17-13-8-26-16(15(13)18)12-6-3-10(7-14(12)28(22,23)24)25-9-1-4-11(5-2-9)27(19,20)21/h1-8H,17-18H2,(H,19,20,21)(H,22,23,24). The molecule has 0 spiro atoms. The molecule has 1 aromatic heterocycles. The van der Waals surface area contributed by atoms with E-state index >= 15 is 0 Å². The van der Waals surface area contributed by atoms with E-state index in [4.69, 9.17) is 20.8 Å². The molecule has 9 nitrogen and oxygen atoms in total. The number of hydrogen-bond donors (Lipinski definition) is 4. The number of nitrogens with two attached hydrogens (primary N) is 2. The van der Waals surface area contributed by atoms with Gasteiger partial charge in [0.25, 0.3) is 20.2 Å². The second kappa shape index (κ2) is 7.07. The zero-order chi connectivity index (χ0) is 20.7. The van der Waals surface area contributed by atoms with Gasteiger partial charge in [-0.05, 0) is 36.4 Å². The molecule has 0 bridgehead atoms. The lowest BCUT2D eigenvalue weighted by atomic mass is 10.1. The molecular formula is C16H14N2O7S3. The molecule has 3 rings (SSSR count). The largest absolute Gasteiger partial charge is 0.457 e. The highest BCUT2D eigenvalue weighted by Gasteiger charge is 2.21. The van der Waals surface area contributed by atoms with Crippen molar-refractivity contribution >= 4 is 42.9 Å². The van der Waals surface area contributed by atoms with E-state index in [0.29, 0.717) is 10.6 Å². The van der Waals surface area contributed by atoms with Crippen LogP contribution in [-0.4, -0.2) is 25.9 Å². The zero-order valence-electron chi connectivity index (χ0n) is 13.9. The molecular weight excluding hydrogens is 428 g/mol. The summed E-state index contributed by atoms with van der Waals surface area (Å²) in [6.45, 7) is 0. The van der Waals surface area contributed by atoms with Crippen LogP contribution in [-0.2, 0) is 20.2 Å². The van der Waals surface area contributed by atoms with Crippen molar-refractivity contribution in [3.63, 3.8) is 0 Å². The van der Waals surface area contributed by atoms with Crippen LogP contribution >= 0.6 is 11.3 Å². The normalized spacial score (nSPS) is 12.1. The summed E-state index contributed by atoms with van der Waals surface area (Å²) in [5.74, 6) is 0.250. The molecule has 0 aliphatic carbocycles. The Labute approximate surface area is 164 Å². The second-order valence-corrected chi connectivity index (χ2v) is 9.31. The molecule has 0 amide bonds. The molecule has 12 heteroatoms. The molecule has 0 saturated carbocycles. The number of rotatable bonds is 5.